The molecule has 0 radical (unpaired) electrons. The van der Waals surface area contributed by atoms with E-state index in [1.54, 1.807) is 0 Å². The Kier molecular flexibility index (Phi) is 25.7. The summed E-state index contributed by atoms with van der Waals surface area (Å²) in [6, 6.07) is 114. The van der Waals surface area contributed by atoms with Gasteiger partial charge in [0.15, 0.2) is 0 Å². The van der Waals surface area contributed by atoms with Gasteiger partial charge in [0.1, 0.15) is 0 Å². The average molecular weight is 1790 g/mol. The first-order valence-corrected chi connectivity index (χ1v) is 51.4. The van der Waals surface area contributed by atoms with E-state index in [0.717, 1.165) is 0 Å². The van der Waals surface area contributed by atoms with Gasteiger partial charge in [0.05, 0.1) is 0 Å². The van der Waals surface area contributed by atoms with Crippen molar-refractivity contribution in [2.75, 3.05) is 9.80 Å². The molecule has 2 heteroatoms. The minimum absolute atomic E-state index is 0.0292. The van der Waals surface area contributed by atoms with E-state index in [9.17, 15) is 0 Å². The van der Waals surface area contributed by atoms with Gasteiger partial charge in [-0.2, -0.15) is 0 Å². The monoisotopic (exact) mass is 1790 g/mol. The second kappa shape index (κ2) is 36.2. The molecule has 4 aliphatic carbocycles. The number of hydrogen-bond donors (Lipinski definition) is 0. The third-order valence-electron chi connectivity index (χ3n) is 30.8. The highest BCUT2D eigenvalue weighted by molar-refractivity contribution is 5.91. The van der Waals surface area contributed by atoms with Crippen LogP contribution in [-0.4, -0.2) is 0 Å². The summed E-state index contributed by atoms with van der Waals surface area (Å²) >= 11 is 0. The number of nitrogens with zero attached hydrogens (tertiary/aromatic N) is 2. The molecule has 0 N–H and O–H groups in total. The summed E-state index contributed by atoms with van der Waals surface area (Å²) in [5.41, 5.74) is 46.9. The molecule has 0 heterocycles. The highest BCUT2D eigenvalue weighted by atomic mass is 15.2. The van der Waals surface area contributed by atoms with E-state index in [-0.39, 0.29) is 54.1 Å². The lowest BCUT2D eigenvalue weighted by atomic mass is 9.77. The van der Waals surface area contributed by atoms with E-state index < -0.39 is 0 Å². The standard InChI is InChI=1S/2C67H77N/c1-63(2,3)51-35-46(33-47(36-51)48-34-49(38-52(37-48)64(4,5)6)50-39-53(65(7,8)9)42-54(40-50)66(10,11)12)45-25-22-26-55(41-45)68(62-30-21-19-27-57(62)44-23-16-15-17-24-44)56-31-32-59-58-28-18-20-29-60(58)67(13,14)61(59)43-56;1-63(2,3)52-34-47(32-48(35-52)49-33-50(37-53(36-49)64(4,5)6)51-38-54(65(7,8)9)42-55(39-51)66(10,11)12)46-25-21-27-57(41-46)68(56-26-20-24-45(40-56)44-22-16-15-17-23-44)58-30-31-60-59-28-18-19-29-61(59)67(13,14)62(60)43-58/h18-22,25-44H,15-17,23-24H2,1-14H3;18-21,24-44H,15-17,22-23H2,1-14H3. The Morgan fingerprint density at radius 3 is 0.816 bits per heavy atom. The molecule has 0 saturated heterocycles. The summed E-state index contributed by atoms with van der Waals surface area (Å²) in [7, 11) is 0. The van der Waals surface area contributed by atoms with E-state index in [1.165, 1.54) is 265 Å². The van der Waals surface area contributed by atoms with Crippen molar-refractivity contribution in [1.82, 2.24) is 0 Å². The molecular formula is C134H154N2. The Morgan fingerprint density at radius 1 is 0.199 bits per heavy atom. The molecule has 18 rings (SSSR count). The fraction of sp³-hybridized carbons (Fsp3) is 0.373. The number of hydrogen-bond acceptors (Lipinski definition) is 2. The summed E-state index contributed by atoms with van der Waals surface area (Å²) in [6.45, 7) is 65.8. The van der Waals surface area contributed by atoms with Crippen LogP contribution in [0.4, 0.5) is 34.1 Å². The normalized spacial score (nSPS) is 15.3. The van der Waals surface area contributed by atoms with Crippen molar-refractivity contribution < 1.29 is 0 Å². The Bertz CT molecular complexity index is 6740. The average Bonchev–Trinajstić information content (AvgIpc) is 1.57. The fourth-order valence-corrected chi connectivity index (χ4v) is 21.9. The highest BCUT2D eigenvalue weighted by Crippen LogP contribution is 2.56. The van der Waals surface area contributed by atoms with Crippen LogP contribution >= 0.6 is 0 Å². The van der Waals surface area contributed by atoms with Gasteiger partial charge in [0, 0.05) is 45.0 Å². The Labute approximate surface area is 820 Å². The smallest absolute Gasteiger partial charge is 0.0496 e. The maximum absolute atomic E-state index is 2.58. The molecule has 0 bridgehead atoms. The van der Waals surface area contributed by atoms with Crippen LogP contribution in [0.25, 0.3) is 89.0 Å². The van der Waals surface area contributed by atoms with Crippen molar-refractivity contribution in [2.45, 2.75) is 324 Å². The van der Waals surface area contributed by atoms with Gasteiger partial charge in [-0.05, 0) is 339 Å². The molecule has 700 valence electrons. The molecule has 2 saturated carbocycles. The summed E-state index contributed by atoms with van der Waals surface area (Å²) in [5, 5.41) is 0. The molecule has 4 aliphatic rings. The van der Waals surface area contributed by atoms with Crippen LogP contribution in [0.1, 0.15) is 348 Å². The van der Waals surface area contributed by atoms with Crippen LogP contribution in [0, 0.1) is 0 Å². The lowest BCUT2D eigenvalue weighted by molar-refractivity contribution is 0.443. The fourth-order valence-electron chi connectivity index (χ4n) is 21.9. The molecule has 0 atom stereocenters. The van der Waals surface area contributed by atoms with Gasteiger partial charge < -0.3 is 9.80 Å². The molecule has 2 fully saturated rings. The summed E-state index contributed by atoms with van der Waals surface area (Å²) in [5.74, 6) is 1.17. The largest absolute Gasteiger partial charge is 0.310 e. The van der Waals surface area contributed by atoms with E-state index in [1.807, 2.05) is 0 Å². The lowest BCUT2D eigenvalue weighted by Gasteiger charge is -2.33. The van der Waals surface area contributed by atoms with Crippen molar-refractivity contribution >= 4 is 34.1 Å². The van der Waals surface area contributed by atoms with Gasteiger partial charge >= 0.3 is 0 Å². The van der Waals surface area contributed by atoms with Crippen LogP contribution in [0.2, 0.25) is 0 Å². The minimum Gasteiger partial charge on any atom is -0.310 e. The number of benzene rings is 14. The molecule has 0 aliphatic heterocycles. The molecular weight excluding hydrogens is 1640 g/mol. The summed E-state index contributed by atoms with van der Waals surface area (Å²) < 4.78 is 0. The van der Waals surface area contributed by atoms with Crippen molar-refractivity contribution in [3.05, 3.63) is 369 Å². The van der Waals surface area contributed by atoms with Crippen molar-refractivity contribution in [1.29, 1.82) is 0 Å². The zero-order chi connectivity index (χ0) is 97.1. The summed E-state index contributed by atoms with van der Waals surface area (Å²) in [4.78, 5) is 5.11. The summed E-state index contributed by atoms with van der Waals surface area (Å²) in [6.07, 6.45) is 13.0. The molecule has 14 aromatic carbocycles. The maximum atomic E-state index is 2.58. The first kappa shape index (κ1) is 96.4. The van der Waals surface area contributed by atoms with Crippen LogP contribution in [-0.2, 0) is 54.1 Å². The van der Waals surface area contributed by atoms with E-state index >= 15 is 0 Å². The molecule has 14 aromatic rings. The van der Waals surface area contributed by atoms with Crippen molar-refractivity contribution in [3.8, 4) is 89.0 Å². The van der Waals surface area contributed by atoms with E-state index in [0.29, 0.717) is 11.8 Å². The number of anilines is 6. The number of para-hydroxylation sites is 1. The second-order valence-electron chi connectivity index (χ2n) is 50.2. The Morgan fingerprint density at radius 2 is 0.463 bits per heavy atom. The topological polar surface area (TPSA) is 6.48 Å². The number of rotatable bonds is 14. The molecule has 136 heavy (non-hydrogen) atoms. The second-order valence-corrected chi connectivity index (χ2v) is 50.2. The van der Waals surface area contributed by atoms with Crippen LogP contribution in [0.15, 0.2) is 291 Å². The van der Waals surface area contributed by atoms with Crippen molar-refractivity contribution in [3.63, 3.8) is 0 Å². The first-order valence-electron chi connectivity index (χ1n) is 51.4. The first-order chi connectivity index (χ1) is 63.9. The van der Waals surface area contributed by atoms with Crippen molar-refractivity contribution in [2.24, 2.45) is 0 Å². The Balaban J connectivity index is 0.000000189. The zero-order valence-electron chi connectivity index (χ0n) is 87.8. The zero-order valence-corrected chi connectivity index (χ0v) is 87.8. The van der Waals surface area contributed by atoms with Gasteiger partial charge in [-0.15, -0.1) is 0 Å². The van der Waals surface area contributed by atoms with E-state index in [4.69, 9.17) is 0 Å². The van der Waals surface area contributed by atoms with Gasteiger partial charge in [0.25, 0.3) is 0 Å². The maximum Gasteiger partial charge on any atom is 0.0496 e. The number of fused-ring (bicyclic) bond motifs is 6. The molecule has 0 spiro atoms. The predicted octanol–water partition coefficient (Wildman–Crippen LogP) is 39.4. The van der Waals surface area contributed by atoms with E-state index in [2.05, 4.69) is 495 Å². The Hall–Kier alpha value is -11.3. The van der Waals surface area contributed by atoms with Crippen LogP contribution < -0.4 is 9.80 Å². The molecule has 2 nitrogen and oxygen atoms in total. The molecule has 0 unspecified atom stereocenters. The minimum atomic E-state index is -0.101. The SMILES string of the molecule is CC(C)(C)c1cc(-c2cccc(N(c3ccc4c(c3)C(C)(C)c3ccccc3-4)c3ccccc3C3CCCCC3)c2)cc(-c2cc(-c3cc(C(C)(C)C)cc(C(C)(C)C)c3)cc(C(C)(C)C)c2)c1.CC(C)(C)c1cc(-c2cccc(N(c3cccc(C4CCCCC4)c3)c3ccc4c(c3)C(C)(C)c3ccccc3-4)c2)cc(-c2cc(-c3cc(C(C)(C)C)cc(C(C)(C)C)c3)cc(C(C)(C)C)c2)c1. The van der Waals surface area contributed by atoms with Gasteiger partial charge in [-0.25, -0.2) is 0 Å². The quantitative estimate of drug-likeness (QED) is 0.107. The molecule has 0 aromatic heterocycles. The van der Waals surface area contributed by atoms with Gasteiger partial charge in [0.2, 0.25) is 0 Å². The third kappa shape index (κ3) is 20.0. The van der Waals surface area contributed by atoms with Gasteiger partial charge in [-0.1, -0.05) is 433 Å². The lowest BCUT2D eigenvalue weighted by Crippen LogP contribution is -2.18. The highest BCUT2D eigenvalue weighted by Gasteiger charge is 2.39. The van der Waals surface area contributed by atoms with Crippen LogP contribution in [0.3, 0.4) is 0 Å². The predicted molar refractivity (Wildman–Crippen MR) is 591 cm³/mol. The third-order valence-corrected chi connectivity index (χ3v) is 30.8. The molecule has 0 amide bonds. The van der Waals surface area contributed by atoms with Gasteiger partial charge in [-0.3, -0.25) is 0 Å². The van der Waals surface area contributed by atoms with Crippen LogP contribution in [0.5, 0.6) is 0 Å².